The number of rotatable bonds is 7. The van der Waals surface area contributed by atoms with Crippen LogP contribution in [-0.2, 0) is 9.47 Å². The third-order valence-electron chi connectivity index (χ3n) is 1.48. The molecule has 0 amide bonds. The molecule has 0 aromatic heterocycles. The topological polar surface area (TPSA) is 18.5 Å². The quantitative estimate of drug-likeness (QED) is 0.531. The Morgan fingerprint density at radius 3 is 2.36 bits per heavy atom. The Labute approximate surface area is 69.9 Å². The second kappa shape index (κ2) is 8.02. The summed E-state index contributed by atoms with van der Waals surface area (Å²) in [6.45, 7) is 6.95. The van der Waals surface area contributed by atoms with Gasteiger partial charge in [0.2, 0.25) is 0 Å². The van der Waals surface area contributed by atoms with E-state index in [9.17, 15) is 0 Å². The third-order valence-corrected chi connectivity index (χ3v) is 1.48. The lowest BCUT2D eigenvalue weighted by molar-refractivity contribution is 0.0961. The first-order valence-corrected chi connectivity index (χ1v) is 4.34. The highest BCUT2D eigenvalue weighted by molar-refractivity contribution is 4.42. The van der Waals surface area contributed by atoms with E-state index in [4.69, 9.17) is 9.47 Å². The maximum absolute atomic E-state index is 5.37. The average Bonchev–Trinajstić information content (AvgIpc) is 1.96. The van der Waals surface area contributed by atoms with Crippen molar-refractivity contribution in [2.45, 2.75) is 26.7 Å². The molecule has 0 bridgehead atoms. The molecule has 68 valence electrons. The van der Waals surface area contributed by atoms with Crippen molar-refractivity contribution in [3.8, 4) is 0 Å². The molecule has 0 saturated carbocycles. The third kappa shape index (κ3) is 9.92. The minimum Gasteiger partial charge on any atom is -0.385 e. The molecule has 2 heteroatoms. The SMILES string of the molecule is COCCCOCCC(C)C. The van der Waals surface area contributed by atoms with Gasteiger partial charge in [0, 0.05) is 26.9 Å². The van der Waals surface area contributed by atoms with Crippen molar-refractivity contribution in [1.82, 2.24) is 0 Å². The van der Waals surface area contributed by atoms with Gasteiger partial charge < -0.3 is 9.47 Å². The molecule has 0 aliphatic heterocycles. The van der Waals surface area contributed by atoms with Gasteiger partial charge in [-0.25, -0.2) is 0 Å². The van der Waals surface area contributed by atoms with E-state index >= 15 is 0 Å². The van der Waals surface area contributed by atoms with E-state index < -0.39 is 0 Å². The Hall–Kier alpha value is -0.0800. The number of hydrogen-bond donors (Lipinski definition) is 0. The van der Waals surface area contributed by atoms with Crippen LogP contribution in [0.5, 0.6) is 0 Å². The Balaban J connectivity index is 2.80. The monoisotopic (exact) mass is 160 g/mol. The van der Waals surface area contributed by atoms with Crippen LogP contribution in [0, 0.1) is 5.92 Å². The number of methoxy groups -OCH3 is 1. The summed E-state index contributed by atoms with van der Waals surface area (Å²) in [6, 6.07) is 0. The molecule has 0 unspecified atom stereocenters. The van der Waals surface area contributed by atoms with Gasteiger partial charge in [-0.15, -0.1) is 0 Å². The van der Waals surface area contributed by atoms with Crippen LogP contribution in [0.4, 0.5) is 0 Å². The zero-order valence-corrected chi connectivity index (χ0v) is 7.93. The Kier molecular flexibility index (Phi) is 7.96. The molecular weight excluding hydrogens is 140 g/mol. The fourth-order valence-electron chi connectivity index (χ4n) is 0.726. The van der Waals surface area contributed by atoms with Gasteiger partial charge in [0.15, 0.2) is 0 Å². The molecule has 0 spiro atoms. The van der Waals surface area contributed by atoms with Gasteiger partial charge in [0.1, 0.15) is 0 Å². The van der Waals surface area contributed by atoms with Crippen LogP contribution in [0.25, 0.3) is 0 Å². The molecule has 0 aliphatic carbocycles. The van der Waals surface area contributed by atoms with E-state index in [1.807, 2.05) is 0 Å². The lowest BCUT2D eigenvalue weighted by Gasteiger charge is -2.05. The summed E-state index contributed by atoms with van der Waals surface area (Å²) in [7, 11) is 1.72. The number of hydrogen-bond acceptors (Lipinski definition) is 2. The van der Waals surface area contributed by atoms with E-state index in [0.717, 1.165) is 38.6 Å². The Bertz CT molecular complexity index is 72.0. The van der Waals surface area contributed by atoms with Crippen molar-refractivity contribution in [3.63, 3.8) is 0 Å². The molecule has 0 rings (SSSR count). The van der Waals surface area contributed by atoms with Gasteiger partial charge in [0.25, 0.3) is 0 Å². The fourth-order valence-corrected chi connectivity index (χ4v) is 0.726. The smallest absolute Gasteiger partial charge is 0.0487 e. The highest BCUT2D eigenvalue weighted by atomic mass is 16.5. The van der Waals surface area contributed by atoms with Crippen molar-refractivity contribution in [2.75, 3.05) is 26.9 Å². The second-order valence-corrected chi connectivity index (χ2v) is 3.14. The van der Waals surface area contributed by atoms with Crippen LogP contribution < -0.4 is 0 Å². The molecule has 0 atom stereocenters. The lowest BCUT2D eigenvalue weighted by atomic mass is 10.1. The van der Waals surface area contributed by atoms with Crippen LogP contribution in [0.3, 0.4) is 0 Å². The van der Waals surface area contributed by atoms with Crippen LogP contribution >= 0.6 is 0 Å². The van der Waals surface area contributed by atoms with E-state index in [1.165, 1.54) is 0 Å². The van der Waals surface area contributed by atoms with Crippen LogP contribution in [0.15, 0.2) is 0 Å². The molecular formula is C9H20O2. The summed E-state index contributed by atoms with van der Waals surface area (Å²) in [5, 5.41) is 0. The largest absolute Gasteiger partial charge is 0.385 e. The maximum atomic E-state index is 5.37. The zero-order chi connectivity index (χ0) is 8.53. The van der Waals surface area contributed by atoms with E-state index in [-0.39, 0.29) is 0 Å². The van der Waals surface area contributed by atoms with E-state index in [2.05, 4.69) is 13.8 Å². The van der Waals surface area contributed by atoms with Crippen molar-refractivity contribution >= 4 is 0 Å². The summed E-state index contributed by atoms with van der Waals surface area (Å²) < 4.78 is 10.3. The molecule has 0 aliphatic rings. The highest BCUT2D eigenvalue weighted by Crippen LogP contribution is 1.98. The van der Waals surface area contributed by atoms with Crippen LogP contribution in [0.2, 0.25) is 0 Å². The van der Waals surface area contributed by atoms with Crippen molar-refractivity contribution in [1.29, 1.82) is 0 Å². The zero-order valence-electron chi connectivity index (χ0n) is 7.93. The van der Waals surface area contributed by atoms with Gasteiger partial charge in [-0.2, -0.15) is 0 Å². The van der Waals surface area contributed by atoms with Gasteiger partial charge in [0.05, 0.1) is 0 Å². The van der Waals surface area contributed by atoms with Gasteiger partial charge >= 0.3 is 0 Å². The summed E-state index contributed by atoms with van der Waals surface area (Å²) in [5.74, 6) is 0.748. The lowest BCUT2D eigenvalue weighted by Crippen LogP contribution is -2.02. The molecule has 0 heterocycles. The summed E-state index contributed by atoms with van der Waals surface area (Å²) in [4.78, 5) is 0. The summed E-state index contributed by atoms with van der Waals surface area (Å²) in [6.07, 6.45) is 2.17. The van der Waals surface area contributed by atoms with Crippen molar-refractivity contribution < 1.29 is 9.47 Å². The first-order valence-electron chi connectivity index (χ1n) is 4.34. The summed E-state index contributed by atoms with van der Waals surface area (Å²) in [5.41, 5.74) is 0. The van der Waals surface area contributed by atoms with Crippen LogP contribution in [-0.4, -0.2) is 26.9 Å². The molecule has 0 aromatic rings. The normalized spacial score (nSPS) is 10.9. The maximum Gasteiger partial charge on any atom is 0.0487 e. The van der Waals surface area contributed by atoms with Gasteiger partial charge in [-0.05, 0) is 18.8 Å². The minimum atomic E-state index is 0.748. The van der Waals surface area contributed by atoms with E-state index in [0.29, 0.717) is 0 Å². The fraction of sp³-hybridized carbons (Fsp3) is 1.00. The number of ether oxygens (including phenoxy) is 2. The van der Waals surface area contributed by atoms with Gasteiger partial charge in [-0.1, -0.05) is 13.8 Å². The first kappa shape index (κ1) is 10.9. The van der Waals surface area contributed by atoms with Crippen molar-refractivity contribution in [2.24, 2.45) is 5.92 Å². The van der Waals surface area contributed by atoms with Crippen LogP contribution in [0.1, 0.15) is 26.7 Å². The second-order valence-electron chi connectivity index (χ2n) is 3.14. The van der Waals surface area contributed by atoms with Gasteiger partial charge in [-0.3, -0.25) is 0 Å². The standard InChI is InChI=1S/C9H20O2/c1-9(2)5-8-11-7-4-6-10-3/h9H,4-8H2,1-3H3. The molecule has 11 heavy (non-hydrogen) atoms. The predicted octanol–water partition coefficient (Wildman–Crippen LogP) is 2.09. The molecule has 0 fully saturated rings. The van der Waals surface area contributed by atoms with E-state index in [1.54, 1.807) is 7.11 Å². The molecule has 0 saturated heterocycles. The summed E-state index contributed by atoms with van der Waals surface area (Å²) >= 11 is 0. The first-order chi connectivity index (χ1) is 5.27. The molecule has 2 nitrogen and oxygen atoms in total. The Morgan fingerprint density at radius 1 is 1.09 bits per heavy atom. The highest BCUT2D eigenvalue weighted by Gasteiger charge is 1.93. The Morgan fingerprint density at radius 2 is 1.82 bits per heavy atom. The predicted molar refractivity (Wildman–Crippen MR) is 46.8 cm³/mol. The molecule has 0 N–H and O–H groups in total. The molecule has 0 radical (unpaired) electrons. The molecule has 0 aromatic carbocycles. The van der Waals surface area contributed by atoms with Crippen molar-refractivity contribution in [3.05, 3.63) is 0 Å². The minimum absolute atomic E-state index is 0.748. The average molecular weight is 160 g/mol.